The van der Waals surface area contributed by atoms with E-state index in [1.54, 1.807) is 0 Å². The number of carbonyl (C=O) groups excluding carboxylic acids is 2. The van der Waals surface area contributed by atoms with E-state index in [9.17, 15) is 19.8 Å². The van der Waals surface area contributed by atoms with Crippen LogP contribution in [-0.2, 0) is 14.3 Å². The average Bonchev–Trinajstić information content (AvgIpc) is 3.33. The van der Waals surface area contributed by atoms with Crippen molar-refractivity contribution < 1.29 is 24.5 Å². The summed E-state index contributed by atoms with van der Waals surface area (Å²) in [4.78, 5) is 26.3. The van der Waals surface area contributed by atoms with Crippen LogP contribution >= 0.6 is 0 Å². The van der Waals surface area contributed by atoms with Gasteiger partial charge in [-0.25, -0.2) is 0 Å². The smallest absolute Gasteiger partial charge is 0.306 e. The minimum Gasteiger partial charge on any atom is -0.462 e. The fraction of sp³-hybridized carbons (Fsp3) is 0.871. The van der Waals surface area contributed by atoms with Crippen LogP contribution in [0.4, 0.5) is 0 Å². The second-order valence-corrected chi connectivity index (χ2v) is 20.7. The normalized spacial score (nSPS) is 13.3. The Kier molecular flexibility index (Phi) is 54.4. The van der Waals surface area contributed by atoms with Gasteiger partial charge in [0.25, 0.3) is 0 Å². The topological polar surface area (TPSA) is 95.9 Å². The lowest BCUT2D eigenvalue weighted by Crippen LogP contribution is -2.46. The summed E-state index contributed by atoms with van der Waals surface area (Å²) >= 11 is 0. The summed E-state index contributed by atoms with van der Waals surface area (Å²) in [5, 5.41) is 23.9. The Morgan fingerprint density at radius 1 is 0.426 bits per heavy atom. The minimum atomic E-state index is -0.791. The number of hydrogen-bond donors (Lipinski definition) is 3. The molecular weight excluding hydrogens is 839 g/mol. The van der Waals surface area contributed by atoms with Gasteiger partial charge in [0.15, 0.2) is 0 Å². The van der Waals surface area contributed by atoms with Crippen molar-refractivity contribution in [2.75, 3.05) is 6.61 Å². The van der Waals surface area contributed by atoms with Crippen LogP contribution in [0.5, 0.6) is 0 Å². The van der Waals surface area contributed by atoms with Crippen LogP contribution in [-0.4, -0.2) is 46.9 Å². The molecule has 68 heavy (non-hydrogen) atoms. The van der Waals surface area contributed by atoms with Gasteiger partial charge in [-0.3, -0.25) is 9.59 Å². The molecule has 6 nitrogen and oxygen atoms in total. The minimum absolute atomic E-state index is 0.0718. The van der Waals surface area contributed by atoms with Crippen molar-refractivity contribution in [3.63, 3.8) is 0 Å². The molecule has 0 aliphatic carbocycles. The fourth-order valence-corrected chi connectivity index (χ4v) is 9.34. The standard InChI is InChI=1S/C62H117NO5/c1-4-7-10-13-16-19-22-25-28-30-33-36-39-42-45-48-51-54-60(65)59(57-64)63-61(66)56-58(53-50-47-44-41-38-35-32-27-24-21-18-15-12-9-6-3)68-62(67)55-52-49-46-43-40-37-34-31-29-26-23-20-17-14-11-8-5-2/h17,20,26-27,29,32,58-60,64-65H,4-16,18-19,21-25,28,30-31,33-57H2,1-3H3,(H,63,66)/b20-17-,29-26-,32-27+. The molecule has 0 saturated heterocycles. The first-order chi connectivity index (χ1) is 33.5. The second kappa shape index (κ2) is 56.0. The van der Waals surface area contributed by atoms with Crippen LogP contribution in [0.25, 0.3) is 0 Å². The molecular formula is C62H117NO5. The van der Waals surface area contributed by atoms with Gasteiger partial charge in [0.2, 0.25) is 5.91 Å². The number of nitrogens with one attached hydrogen (secondary N) is 1. The van der Waals surface area contributed by atoms with Crippen LogP contribution in [0.2, 0.25) is 0 Å². The number of esters is 1. The van der Waals surface area contributed by atoms with Crippen molar-refractivity contribution in [1.29, 1.82) is 0 Å². The van der Waals surface area contributed by atoms with Crippen molar-refractivity contribution in [2.24, 2.45) is 0 Å². The van der Waals surface area contributed by atoms with Gasteiger partial charge in [-0.05, 0) is 83.5 Å². The molecule has 0 aromatic carbocycles. The van der Waals surface area contributed by atoms with Crippen LogP contribution in [0, 0.1) is 0 Å². The fourth-order valence-electron chi connectivity index (χ4n) is 9.34. The monoisotopic (exact) mass is 956 g/mol. The molecule has 0 aliphatic rings. The Labute approximate surface area is 424 Å². The van der Waals surface area contributed by atoms with Crippen LogP contribution < -0.4 is 5.32 Å². The first-order valence-corrected chi connectivity index (χ1v) is 30.2. The number of aliphatic hydroxyl groups is 2. The van der Waals surface area contributed by atoms with E-state index in [1.807, 2.05) is 0 Å². The van der Waals surface area contributed by atoms with Crippen molar-refractivity contribution in [2.45, 2.75) is 341 Å². The maximum Gasteiger partial charge on any atom is 0.306 e. The van der Waals surface area contributed by atoms with Gasteiger partial charge in [-0.15, -0.1) is 0 Å². The Hall–Kier alpha value is -1.92. The molecule has 3 N–H and O–H groups in total. The first-order valence-electron chi connectivity index (χ1n) is 30.2. The number of carbonyl (C=O) groups is 2. The third-order valence-electron chi connectivity index (χ3n) is 13.9. The van der Waals surface area contributed by atoms with Crippen LogP contribution in [0.1, 0.15) is 323 Å². The second-order valence-electron chi connectivity index (χ2n) is 20.7. The molecule has 0 bridgehead atoms. The van der Waals surface area contributed by atoms with E-state index in [-0.39, 0.29) is 24.9 Å². The summed E-state index contributed by atoms with van der Waals surface area (Å²) in [6.07, 6.45) is 67.8. The van der Waals surface area contributed by atoms with Gasteiger partial charge in [0, 0.05) is 6.42 Å². The number of amides is 1. The van der Waals surface area contributed by atoms with E-state index < -0.39 is 18.2 Å². The zero-order valence-electron chi connectivity index (χ0n) is 45.8. The van der Waals surface area contributed by atoms with Gasteiger partial charge in [0.05, 0.1) is 25.2 Å². The number of hydrogen-bond acceptors (Lipinski definition) is 5. The van der Waals surface area contributed by atoms with E-state index in [4.69, 9.17) is 4.74 Å². The van der Waals surface area contributed by atoms with E-state index in [2.05, 4.69) is 62.5 Å². The molecule has 0 rings (SSSR count). The lowest BCUT2D eigenvalue weighted by molar-refractivity contribution is -0.151. The molecule has 0 aromatic heterocycles. The zero-order valence-corrected chi connectivity index (χ0v) is 45.8. The molecule has 0 aromatic rings. The van der Waals surface area contributed by atoms with Gasteiger partial charge < -0.3 is 20.3 Å². The van der Waals surface area contributed by atoms with E-state index in [1.165, 1.54) is 205 Å². The predicted molar refractivity (Wildman–Crippen MR) is 296 cm³/mol. The average molecular weight is 957 g/mol. The number of allylic oxidation sites excluding steroid dienone is 6. The molecule has 6 heteroatoms. The number of ether oxygens (including phenoxy) is 1. The van der Waals surface area contributed by atoms with Crippen molar-refractivity contribution >= 4 is 11.9 Å². The first kappa shape index (κ1) is 66.1. The molecule has 3 unspecified atom stereocenters. The Morgan fingerprint density at radius 3 is 1.16 bits per heavy atom. The van der Waals surface area contributed by atoms with Gasteiger partial charge >= 0.3 is 5.97 Å². The lowest BCUT2D eigenvalue weighted by Gasteiger charge is -2.24. The molecule has 0 spiro atoms. The summed E-state index contributed by atoms with van der Waals surface area (Å²) in [5.74, 6) is -0.475. The summed E-state index contributed by atoms with van der Waals surface area (Å²) in [7, 11) is 0. The molecule has 0 radical (unpaired) electrons. The van der Waals surface area contributed by atoms with Crippen molar-refractivity contribution in [3.05, 3.63) is 36.5 Å². The highest BCUT2D eigenvalue weighted by molar-refractivity contribution is 5.77. The summed E-state index contributed by atoms with van der Waals surface area (Å²) in [6, 6.07) is -0.705. The van der Waals surface area contributed by atoms with Crippen LogP contribution in [0.3, 0.4) is 0 Å². The Balaban J connectivity index is 4.53. The summed E-state index contributed by atoms with van der Waals surface area (Å²) in [6.45, 7) is 6.49. The van der Waals surface area contributed by atoms with Gasteiger partial charge in [-0.1, -0.05) is 263 Å². The molecule has 0 heterocycles. The molecule has 0 aliphatic heterocycles. The molecule has 3 atom stereocenters. The molecule has 1 amide bonds. The predicted octanol–water partition coefficient (Wildman–Crippen LogP) is 18.8. The van der Waals surface area contributed by atoms with Gasteiger partial charge in [0.1, 0.15) is 6.10 Å². The third-order valence-corrected chi connectivity index (χ3v) is 13.9. The largest absolute Gasteiger partial charge is 0.462 e. The molecule has 0 saturated carbocycles. The maximum atomic E-state index is 13.3. The summed E-state index contributed by atoms with van der Waals surface area (Å²) in [5.41, 5.74) is 0. The quantitative estimate of drug-likeness (QED) is 0.0321. The van der Waals surface area contributed by atoms with E-state index >= 15 is 0 Å². The molecule has 0 fully saturated rings. The highest BCUT2D eigenvalue weighted by Gasteiger charge is 2.24. The molecule has 400 valence electrons. The highest BCUT2D eigenvalue weighted by atomic mass is 16.5. The van der Waals surface area contributed by atoms with Crippen molar-refractivity contribution in [1.82, 2.24) is 5.32 Å². The highest BCUT2D eigenvalue weighted by Crippen LogP contribution is 2.19. The van der Waals surface area contributed by atoms with E-state index in [0.717, 1.165) is 70.6 Å². The summed E-state index contributed by atoms with van der Waals surface area (Å²) < 4.78 is 5.97. The number of rotatable bonds is 55. The van der Waals surface area contributed by atoms with Crippen LogP contribution in [0.15, 0.2) is 36.5 Å². The SMILES string of the molecule is CCCCC/C=C\C/C=C\CCCCCCCCCC(=O)OC(CCCCCCC/C=C/CCCCCCCC)CC(=O)NC(CO)C(O)CCCCCCCCCCCCCCCCCCC. The number of aliphatic hydroxyl groups excluding tert-OH is 2. The lowest BCUT2D eigenvalue weighted by atomic mass is 10.0. The Bertz CT molecular complexity index is 1120. The van der Waals surface area contributed by atoms with E-state index in [0.29, 0.717) is 19.3 Å². The maximum absolute atomic E-state index is 13.3. The third kappa shape index (κ3) is 50.5. The number of unbranched alkanes of at least 4 members (excludes halogenated alkanes) is 37. The van der Waals surface area contributed by atoms with Gasteiger partial charge in [-0.2, -0.15) is 0 Å². The van der Waals surface area contributed by atoms with Crippen molar-refractivity contribution in [3.8, 4) is 0 Å². The zero-order chi connectivity index (χ0) is 49.5. The Morgan fingerprint density at radius 2 is 0.750 bits per heavy atom.